The maximum absolute atomic E-state index is 6.02. The van der Waals surface area contributed by atoms with Crippen LogP contribution in [0.1, 0.15) is 41.9 Å². The zero-order valence-corrected chi connectivity index (χ0v) is 12.5. The van der Waals surface area contributed by atoms with Crippen LogP contribution in [0.15, 0.2) is 35.7 Å². The van der Waals surface area contributed by atoms with Crippen LogP contribution in [-0.4, -0.2) is 0 Å². The fourth-order valence-corrected chi connectivity index (χ4v) is 3.29. The molecular formula is C15H18ClNS. The van der Waals surface area contributed by atoms with Crippen LogP contribution >= 0.6 is 22.9 Å². The van der Waals surface area contributed by atoms with Gasteiger partial charge in [-0.1, -0.05) is 23.7 Å². The van der Waals surface area contributed by atoms with Crippen LogP contribution in [0, 0.1) is 6.92 Å². The second-order valence-corrected chi connectivity index (χ2v) is 6.02. The molecule has 1 aromatic heterocycles. The van der Waals surface area contributed by atoms with Gasteiger partial charge in [-0.15, -0.1) is 11.3 Å². The van der Waals surface area contributed by atoms with Gasteiger partial charge in [0.25, 0.3) is 0 Å². The van der Waals surface area contributed by atoms with Crippen LogP contribution in [-0.2, 0) is 0 Å². The lowest BCUT2D eigenvalue weighted by molar-refractivity contribution is 0.499. The summed E-state index contributed by atoms with van der Waals surface area (Å²) in [6.45, 7) is 6.54. The summed E-state index contributed by atoms with van der Waals surface area (Å²) >= 11 is 7.83. The van der Waals surface area contributed by atoms with E-state index in [2.05, 4.69) is 43.6 Å². The number of thiophene rings is 1. The van der Waals surface area contributed by atoms with Crippen molar-refractivity contribution < 1.29 is 0 Å². The SMILES string of the molecule is Cc1ccsc1C(C)N[C@@H](C)c1cccc(Cl)c1. The van der Waals surface area contributed by atoms with Crippen LogP contribution in [0.3, 0.4) is 0 Å². The standard InChI is InChI=1S/C15H18ClNS/c1-10-7-8-18-15(10)12(3)17-11(2)13-5-4-6-14(16)9-13/h4-9,11-12,17H,1-3H3/t11-,12?/m0/s1. The molecule has 0 fully saturated rings. The molecule has 0 bridgehead atoms. The molecule has 1 heterocycles. The molecule has 2 atom stereocenters. The van der Waals surface area contributed by atoms with Crippen molar-refractivity contribution in [3.8, 4) is 0 Å². The van der Waals surface area contributed by atoms with E-state index in [9.17, 15) is 0 Å². The number of aryl methyl sites for hydroxylation is 1. The highest BCUT2D eigenvalue weighted by atomic mass is 35.5. The molecule has 0 amide bonds. The van der Waals surface area contributed by atoms with Crippen molar-refractivity contribution in [2.45, 2.75) is 32.9 Å². The third kappa shape index (κ3) is 3.14. The van der Waals surface area contributed by atoms with Gasteiger partial charge in [0.1, 0.15) is 0 Å². The highest BCUT2D eigenvalue weighted by Gasteiger charge is 2.13. The van der Waals surface area contributed by atoms with Crippen LogP contribution in [0.4, 0.5) is 0 Å². The molecule has 0 saturated carbocycles. The number of nitrogens with one attached hydrogen (secondary N) is 1. The summed E-state index contributed by atoms with van der Waals surface area (Å²) < 4.78 is 0. The minimum absolute atomic E-state index is 0.292. The Balaban J connectivity index is 2.08. The van der Waals surface area contributed by atoms with Crippen molar-refractivity contribution >= 4 is 22.9 Å². The Hall–Kier alpha value is -0.830. The summed E-state index contributed by atoms with van der Waals surface area (Å²) in [5, 5.41) is 6.56. The Morgan fingerprint density at radius 2 is 1.94 bits per heavy atom. The first kappa shape index (κ1) is 13.6. The molecule has 0 aliphatic carbocycles. The smallest absolute Gasteiger partial charge is 0.0409 e. The molecule has 0 aliphatic heterocycles. The molecule has 96 valence electrons. The van der Waals surface area contributed by atoms with Gasteiger partial charge < -0.3 is 5.32 Å². The first-order chi connectivity index (χ1) is 8.58. The van der Waals surface area contributed by atoms with Crippen LogP contribution in [0.5, 0.6) is 0 Å². The van der Waals surface area contributed by atoms with Gasteiger partial charge in [-0.3, -0.25) is 0 Å². The number of benzene rings is 1. The third-order valence-electron chi connectivity index (χ3n) is 3.14. The molecule has 0 spiro atoms. The average molecular weight is 280 g/mol. The van der Waals surface area contributed by atoms with E-state index in [0.29, 0.717) is 12.1 Å². The predicted octanol–water partition coefficient (Wildman–Crippen LogP) is 5.12. The average Bonchev–Trinajstić information content (AvgIpc) is 2.75. The highest BCUT2D eigenvalue weighted by molar-refractivity contribution is 7.10. The zero-order chi connectivity index (χ0) is 13.1. The Morgan fingerprint density at radius 1 is 1.17 bits per heavy atom. The van der Waals surface area contributed by atoms with Crippen molar-refractivity contribution in [1.82, 2.24) is 5.32 Å². The molecule has 1 N–H and O–H groups in total. The number of halogens is 1. The minimum atomic E-state index is 0.292. The van der Waals surface area contributed by atoms with Gasteiger partial charge in [0.15, 0.2) is 0 Å². The lowest BCUT2D eigenvalue weighted by atomic mass is 10.1. The van der Waals surface area contributed by atoms with Gasteiger partial charge in [0.05, 0.1) is 0 Å². The number of rotatable bonds is 4. The van der Waals surface area contributed by atoms with E-state index >= 15 is 0 Å². The maximum Gasteiger partial charge on any atom is 0.0409 e. The van der Waals surface area contributed by atoms with E-state index in [1.807, 2.05) is 29.5 Å². The van der Waals surface area contributed by atoms with E-state index in [1.54, 1.807) is 0 Å². The fourth-order valence-electron chi connectivity index (χ4n) is 2.15. The third-order valence-corrected chi connectivity index (χ3v) is 4.58. The second kappa shape index (κ2) is 5.87. The van der Waals surface area contributed by atoms with Crippen molar-refractivity contribution in [1.29, 1.82) is 0 Å². The maximum atomic E-state index is 6.02. The Bertz CT molecular complexity index is 521. The largest absolute Gasteiger partial charge is 0.303 e. The molecule has 18 heavy (non-hydrogen) atoms. The van der Waals surface area contributed by atoms with Crippen LogP contribution in [0.25, 0.3) is 0 Å². The van der Waals surface area contributed by atoms with Gasteiger partial charge >= 0.3 is 0 Å². The van der Waals surface area contributed by atoms with E-state index in [-0.39, 0.29) is 0 Å². The second-order valence-electron chi connectivity index (χ2n) is 4.63. The first-order valence-electron chi connectivity index (χ1n) is 6.13. The summed E-state index contributed by atoms with van der Waals surface area (Å²) in [5.74, 6) is 0. The lowest BCUT2D eigenvalue weighted by Crippen LogP contribution is -2.22. The summed E-state index contributed by atoms with van der Waals surface area (Å²) in [4.78, 5) is 1.41. The molecule has 2 aromatic rings. The van der Waals surface area contributed by atoms with E-state index in [0.717, 1.165) is 5.02 Å². The lowest BCUT2D eigenvalue weighted by Gasteiger charge is -2.20. The van der Waals surface area contributed by atoms with Gasteiger partial charge in [-0.05, 0) is 55.5 Å². The summed E-state index contributed by atoms with van der Waals surface area (Å²) in [7, 11) is 0. The quantitative estimate of drug-likeness (QED) is 0.819. The molecule has 0 aliphatic rings. The minimum Gasteiger partial charge on any atom is -0.303 e. The molecule has 0 saturated heterocycles. The summed E-state index contributed by atoms with van der Waals surface area (Å²) in [6.07, 6.45) is 0. The molecule has 0 radical (unpaired) electrons. The number of hydrogen-bond acceptors (Lipinski definition) is 2. The van der Waals surface area contributed by atoms with Crippen molar-refractivity contribution in [3.63, 3.8) is 0 Å². The molecular weight excluding hydrogens is 262 g/mol. The first-order valence-corrected chi connectivity index (χ1v) is 7.39. The van der Waals surface area contributed by atoms with Crippen molar-refractivity contribution in [2.75, 3.05) is 0 Å². The molecule has 1 nitrogen and oxygen atoms in total. The molecule has 3 heteroatoms. The van der Waals surface area contributed by atoms with Gasteiger partial charge in [0, 0.05) is 22.0 Å². The summed E-state index contributed by atoms with van der Waals surface area (Å²) in [6, 6.07) is 10.9. The van der Waals surface area contributed by atoms with Gasteiger partial charge in [-0.25, -0.2) is 0 Å². The van der Waals surface area contributed by atoms with Gasteiger partial charge in [-0.2, -0.15) is 0 Å². The van der Waals surface area contributed by atoms with Gasteiger partial charge in [0.2, 0.25) is 0 Å². The number of hydrogen-bond donors (Lipinski definition) is 1. The van der Waals surface area contributed by atoms with E-state index in [1.165, 1.54) is 16.0 Å². The molecule has 2 rings (SSSR count). The topological polar surface area (TPSA) is 12.0 Å². The fraction of sp³-hybridized carbons (Fsp3) is 0.333. The predicted molar refractivity (Wildman–Crippen MR) is 80.5 cm³/mol. The zero-order valence-electron chi connectivity index (χ0n) is 10.9. The monoisotopic (exact) mass is 279 g/mol. The molecule has 1 unspecified atom stereocenters. The Kier molecular flexibility index (Phi) is 4.44. The Labute approximate surface area is 118 Å². The van der Waals surface area contributed by atoms with Crippen LogP contribution in [0.2, 0.25) is 5.02 Å². The normalized spacial score (nSPS) is 14.4. The van der Waals surface area contributed by atoms with Crippen molar-refractivity contribution in [2.24, 2.45) is 0 Å². The van der Waals surface area contributed by atoms with E-state index < -0.39 is 0 Å². The van der Waals surface area contributed by atoms with Crippen molar-refractivity contribution in [3.05, 3.63) is 56.7 Å². The Morgan fingerprint density at radius 3 is 2.56 bits per heavy atom. The molecule has 1 aromatic carbocycles. The van der Waals surface area contributed by atoms with Crippen LogP contribution < -0.4 is 5.32 Å². The highest BCUT2D eigenvalue weighted by Crippen LogP contribution is 2.26. The summed E-state index contributed by atoms with van der Waals surface area (Å²) in [5.41, 5.74) is 2.59. The van der Waals surface area contributed by atoms with E-state index in [4.69, 9.17) is 11.6 Å².